The summed E-state index contributed by atoms with van der Waals surface area (Å²) in [4.78, 5) is 40.1. The molecule has 0 spiro atoms. The van der Waals surface area contributed by atoms with Crippen molar-refractivity contribution in [3.63, 3.8) is 0 Å². The number of amides is 1. The van der Waals surface area contributed by atoms with Gasteiger partial charge in [0.1, 0.15) is 11.4 Å². The highest BCUT2D eigenvalue weighted by atomic mass is 16.3. The van der Waals surface area contributed by atoms with E-state index in [-0.39, 0.29) is 40.8 Å². The van der Waals surface area contributed by atoms with Gasteiger partial charge in [0.2, 0.25) is 0 Å². The Morgan fingerprint density at radius 2 is 1.86 bits per heavy atom. The summed E-state index contributed by atoms with van der Waals surface area (Å²) in [6.45, 7) is 3.85. The maximum absolute atomic E-state index is 13.2. The molecule has 2 aromatic carbocycles. The van der Waals surface area contributed by atoms with E-state index >= 15 is 0 Å². The van der Waals surface area contributed by atoms with Gasteiger partial charge in [-0.1, -0.05) is 37.3 Å². The second-order valence-electron chi connectivity index (χ2n) is 8.11. The van der Waals surface area contributed by atoms with E-state index in [1.807, 2.05) is 43.3 Å². The Morgan fingerprint density at radius 3 is 2.43 bits per heavy atom. The first kappa shape index (κ1) is 25.1. The molecule has 1 atom stereocenters. The van der Waals surface area contributed by atoms with Crippen molar-refractivity contribution in [2.45, 2.75) is 32.9 Å². The van der Waals surface area contributed by atoms with Gasteiger partial charge in [0.15, 0.2) is 5.75 Å². The topological polar surface area (TPSA) is 143 Å². The van der Waals surface area contributed by atoms with E-state index in [9.17, 15) is 24.8 Å². The second kappa shape index (κ2) is 10.6. The summed E-state index contributed by atoms with van der Waals surface area (Å²) >= 11 is 0. The smallest absolute Gasteiger partial charge is 0.291 e. The molecule has 4 N–H and O–H groups in total. The molecule has 0 aliphatic rings. The number of nitrogens with one attached hydrogen (secondary N) is 3. The highest BCUT2D eigenvalue weighted by Gasteiger charge is 2.23. The first-order chi connectivity index (χ1) is 16.7. The molecule has 0 saturated heterocycles. The number of nitriles is 1. The maximum Gasteiger partial charge on any atom is 0.291 e. The van der Waals surface area contributed by atoms with Crippen LogP contribution in [0.1, 0.15) is 47.8 Å². The number of aromatic nitrogens is 2. The van der Waals surface area contributed by atoms with Crippen LogP contribution in [-0.4, -0.2) is 39.8 Å². The zero-order valence-corrected chi connectivity index (χ0v) is 20.0. The summed E-state index contributed by atoms with van der Waals surface area (Å²) in [6.07, 6.45) is 0.621. The largest absolute Gasteiger partial charge is 0.505 e. The van der Waals surface area contributed by atoms with Crippen LogP contribution in [-0.2, 0) is 6.54 Å². The maximum atomic E-state index is 13.2. The summed E-state index contributed by atoms with van der Waals surface area (Å²) in [5.41, 5.74) is -0.340. The minimum atomic E-state index is -0.542. The number of nitrogens with zero attached hydrogens (tertiary/aromatic N) is 3. The van der Waals surface area contributed by atoms with Gasteiger partial charge in [-0.05, 0) is 31.0 Å². The highest BCUT2D eigenvalue weighted by molar-refractivity contribution is 5.99. The molecule has 0 aliphatic heterocycles. The number of hydrogen-bond acceptors (Lipinski definition) is 7. The molecule has 0 aliphatic carbocycles. The molecule has 1 amide bonds. The summed E-state index contributed by atoms with van der Waals surface area (Å²) in [6, 6.07) is 13.7. The van der Waals surface area contributed by atoms with E-state index in [1.165, 1.54) is 31.1 Å². The Labute approximate surface area is 202 Å². The quantitative estimate of drug-likeness (QED) is 0.366. The molecule has 0 saturated carbocycles. The number of aryl methyl sites for hydroxylation is 1. The van der Waals surface area contributed by atoms with Gasteiger partial charge in [0.05, 0.1) is 28.9 Å². The van der Waals surface area contributed by atoms with Crippen LogP contribution in [0.5, 0.6) is 5.75 Å². The zero-order chi connectivity index (χ0) is 25.7. The predicted octanol–water partition coefficient (Wildman–Crippen LogP) is 3.14. The molecule has 1 aromatic heterocycles. The van der Waals surface area contributed by atoms with Crippen LogP contribution in [0.3, 0.4) is 0 Å². The number of H-pyrrole nitrogens is 1. The first-order valence-corrected chi connectivity index (χ1v) is 11.2. The van der Waals surface area contributed by atoms with Crippen molar-refractivity contribution < 1.29 is 9.90 Å². The molecule has 0 bridgehead atoms. The van der Waals surface area contributed by atoms with Crippen molar-refractivity contribution in [1.29, 1.82) is 5.26 Å². The molecule has 3 aromatic rings. The van der Waals surface area contributed by atoms with Gasteiger partial charge in [0.25, 0.3) is 17.0 Å². The molecule has 3 rings (SSSR count). The van der Waals surface area contributed by atoms with Gasteiger partial charge in [-0.25, -0.2) is 4.68 Å². The molecule has 182 valence electrons. The lowest BCUT2D eigenvalue weighted by molar-refractivity contribution is 0.0824. The van der Waals surface area contributed by atoms with Crippen LogP contribution >= 0.6 is 0 Å². The number of hydrogen-bond donors (Lipinski definition) is 4. The Morgan fingerprint density at radius 1 is 1.17 bits per heavy atom. The van der Waals surface area contributed by atoms with Crippen LogP contribution < -0.4 is 21.8 Å². The number of rotatable bonds is 8. The third kappa shape index (κ3) is 5.19. The molecule has 0 radical (unpaired) electrons. The van der Waals surface area contributed by atoms with Crippen molar-refractivity contribution in [3.05, 3.63) is 79.9 Å². The fourth-order valence-corrected chi connectivity index (χ4v) is 3.67. The lowest BCUT2D eigenvalue weighted by Crippen LogP contribution is -2.33. The lowest BCUT2D eigenvalue weighted by atomic mass is 10.0. The highest BCUT2D eigenvalue weighted by Crippen LogP contribution is 2.34. The van der Waals surface area contributed by atoms with Crippen molar-refractivity contribution in [3.8, 4) is 11.8 Å². The number of phenolic OH excluding ortho intramolecular Hbond substituents is 1. The van der Waals surface area contributed by atoms with Crippen molar-refractivity contribution in [2.24, 2.45) is 0 Å². The van der Waals surface area contributed by atoms with Gasteiger partial charge in [-0.15, -0.1) is 0 Å². The number of anilines is 3. The zero-order valence-electron chi connectivity index (χ0n) is 20.0. The van der Waals surface area contributed by atoms with E-state index in [0.29, 0.717) is 6.42 Å². The van der Waals surface area contributed by atoms with Gasteiger partial charge in [-0.3, -0.25) is 19.5 Å². The lowest BCUT2D eigenvalue weighted by Gasteiger charge is -2.22. The Balaban J connectivity index is 2.18. The average Bonchev–Trinajstić information content (AvgIpc) is 2.86. The standard InChI is InChI=1S/C25H28N6O4/c1-5-18(16-10-8-7-9-11-16)27-20-21(25(35)31(6-2)29-23(20)33)28-19-13-15(14-26)12-17(22(19)32)24(34)30(3)4/h7-13,18,27-28,32H,5-6H2,1-4H3,(H,29,33). The van der Waals surface area contributed by atoms with Crippen LogP contribution in [0.15, 0.2) is 52.1 Å². The van der Waals surface area contributed by atoms with Gasteiger partial charge in [-0.2, -0.15) is 5.26 Å². The summed E-state index contributed by atoms with van der Waals surface area (Å²) in [5, 5.41) is 28.8. The molecular weight excluding hydrogens is 448 g/mol. The molecule has 1 heterocycles. The number of carbonyl (C=O) groups is 1. The molecule has 10 heteroatoms. The van der Waals surface area contributed by atoms with Crippen LogP contribution in [0.4, 0.5) is 17.1 Å². The predicted molar refractivity (Wildman–Crippen MR) is 134 cm³/mol. The first-order valence-electron chi connectivity index (χ1n) is 11.2. The number of carbonyl (C=O) groups excluding carboxylic acids is 1. The van der Waals surface area contributed by atoms with Gasteiger partial charge < -0.3 is 20.6 Å². The molecule has 35 heavy (non-hydrogen) atoms. The average molecular weight is 477 g/mol. The van der Waals surface area contributed by atoms with Crippen LogP contribution in [0, 0.1) is 11.3 Å². The Bertz CT molecular complexity index is 1390. The third-order valence-corrected chi connectivity index (χ3v) is 5.55. The monoisotopic (exact) mass is 476 g/mol. The van der Waals surface area contributed by atoms with Crippen molar-refractivity contribution in [1.82, 2.24) is 14.7 Å². The number of aromatic hydroxyl groups is 1. The second-order valence-corrected chi connectivity index (χ2v) is 8.11. The van der Waals surface area contributed by atoms with E-state index in [4.69, 9.17) is 0 Å². The number of phenols is 1. The molecule has 0 fully saturated rings. The summed E-state index contributed by atoms with van der Waals surface area (Å²) in [5.74, 6) is -0.959. The minimum absolute atomic E-state index is 0.0161. The Hall–Kier alpha value is -4.52. The van der Waals surface area contributed by atoms with E-state index in [1.54, 1.807) is 6.92 Å². The normalized spacial score (nSPS) is 11.4. The molecule has 1 unspecified atom stereocenters. The van der Waals surface area contributed by atoms with Crippen molar-refractivity contribution >= 4 is 23.0 Å². The van der Waals surface area contributed by atoms with E-state index < -0.39 is 22.8 Å². The fraction of sp³-hybridized carbons (Fsp3) is 0.280. The van der Waals surface area contributed by atoms with E-state index in [0.717, 1.165) is 10.2 Å². The SMILES string of the molecule is CCC(Nc1c(Nc2cc(C#N)cc(C(=O)N(C)C)c2O)c(=O)n(CC)[nH]c1=O)c1ccccc1. The third-order valence-electron chi connectivity index (χ3n) is 5.55. The fourth-order valence-electron chi connectivity index (χ4n) is 3.67. The van der Waals surface area contributed by atoms with E-state index in [2.05, 4.69) is 15.7 Å². The summed E-state index contributed by atoms with van der Waals surface area (Å²) < 4.78 is 1.14. The van der Waals surface area contributed by atoms with Gasteiger partial charge >= 0.3 is 0 Å². The Kier molecular flexibility index (Phi) is 7.61. The number of benzene rings is 2. The van der Waals surface area contributed by atoms with Crippen LogP contribution in [0.25, 0.3) is 0 Å². The van der Waals surface area contributed by atoms with Crippen LogP contribution in [0.2, 0.25) is 0 Å². The minimum Gasteiger partial charge on any atom is -0.505 e. The molecule has 10 nitrogen and oxygen atoms in total. The number of aromatic amines is 1. The van der Waals surface area contributed by atoms with Crippen molar-refractivity contribution in [2.75, 3.05) is 24.7 Å². The molecular formula is C25H28N6O4. The van der Waals surface area contributed by atoms with Gasteiger partial charge in [0, 0.05) is 20.6 Å². The summed E-state index contributed by atoms with van der Waals surface area (Å²) in [7, 11) is 3.03.